The third-order valence-electron chi connectivity index (χ3n) is 3.07. The van der Waals surface area contributed by atoms with Crippen molar-refractivity contribution in [1.82, 2.24) is 15.1 Å². The molecular formula is C13H25N3O. The van der Waals surface area contributed by atoms with Gasteiger partial charge in [-0.05, 0) is 32.7 Å². The number of aliphatic hydroxyl groups excluding tert-OH is 1. The summed E-state index contributed by atoms with van der Waals surface area (Å²) in [5.41, 5.74) is 3.84. The second-order valence-electron chi connectivity index (χ2n) is 4.52. The van der Waals surface area contributed by atoms with Crippen molar-refractivity contribution in [3.8, 4) is 0 Å². The monoisotopic (exact) mass is 239 g/mol. The van der Waals surface area contributed by atoms with Crippen LogP contribution in [0.15, 0.2) is 0 Å². The molecule has 98 valence electrons. The Kier molecular flexibility index (Phi) is 5.65. The maximum absolute atomic E-state index is 9.20. The number of aliphatic hydroxyl groups is 1. The molecule has 0 radical (unpaired) electrons. The number of aryl methyl sites for hydroxylation is 2. The minimum absolute atomic E-state index is 0.229. The second-order valence-corrected chi connectivity index (χ2v) is 4.52. The summed E-state index contributed by atoms with van der Waals surface area (Å²) >= 11 is 0. The summed E-state index contributed by atoms with van der Waals surface area (Å²) in [5, 5.41) is 17.1. The maximum Gasteiger partial charge on any atom is 0.0669 e. The molecule has 1 unspecified atom stereocenters. The van der Waals surface area contributed by atoms with Gasteiger partial charge in [-0.1, -0.05) is 13.8 Å². The molecule has 0 aliphatic heterocycles. The van der Waals surface area contributed by atoms with Crippen LogP contribution >= 0.6 is 0 Å². The van der Waals surface area contributed by atoms with Crippen LogP contribution in [0.5, 0.6) is 0 Å². The molecule has 0 saturated carbocycles. The maximum atomic E-state index is 9.20. The molecule has 0 bridgehead atoms. The highest BCUT2D eigenvalue weighted by Crippen LogP contribution is 2.15. The van der Waals surface area contributed by atoms with Crippen molar-refractivity contribution in [2.24, 2.45) is 7.05 Å². The Labute approximate surface area is 104 Å². The first-order valence-corrected chi connectivity index (χ1v) is 6.52. The molecular weight excluding hydrogens is 214 g/mol. The van der Waals surface area contributed by atoms with Crippen molar-refractivity contribution in [2.45, 2.75) is 52.7 Å². The van der Waals surface area contributed by atoms with Gasteiger partial charge in [0.1, 0.15) is 0 Å². The highest BCUT2D eigenvalue weighted by Gasteiger charge is 2.12. The van der Waals surface area contributed by atoms with Gasteiger partial charge in [0.15, 0.2) is 0 Å². The van der Waals surface area contributed by atoms with Crippen LogP contribution < -0.4 is 5.32 Å². The first-order chi connectivity index (χ1) is 8.10. The largest absolute Gasteiger partial charge is 0.393 e. The zero-order valence-corrected chi connectivity index (χ0v) is 11.5. The predicted molar refractivity (Wildman–Crippen MR) is 70.0 cm³/mol. The molecule has 4 nitrogen and oxygen atoms in total. The standard InChI is InChI=1S/C13H25N3O/c1-5-12-11(9-14-8-7-10(3)17)13(6-2)16(4)15-12/h10,14,17H,5-9H2,1-4H3. The van der Waals surface area contributed by atoms with Crippen molar-refractivity contribution in [3.05, 3.63) is 17.0 Å². The summed E-state index contributed by atoms with van der Waals surface area (Å²) in [6.07, 6.45) is 2.55. The van der Waals surface area contributed by atoms with E-state index in [0.29, 0.717) is 0 Å². The molecule has 1 rings (SSSR count). The highest BCUT2D eigenvalue weighted by atomic mass is 16.3. The summed E-state index contributed by atoms with van der Waals surface area (Å²) in [6.45, 7) is 7.82. The lowest BCUT2D eigenvalue weighted by Crippen LogP contribution is -2.19. The van der Waals surface area contributed by atoms with Gasteiger partial charge in [-0.15, -0.1) is 0 Å². The molecule has 0 fully saturated rings. The van der Waals surface area contributed by atoms with Gasteiger partial charge < -0.3 is 10.4 Å². The van der Waals surface area contributed by atoms with E-state index in [2.05, 4.69) is 24.3 Å². The molecule has 1 atom stereocenters. The van der Waals surface area contributed by atoms with Gasteiger partial charge in [0.05, 0.1) is 11.8 Å². The van der Waals surface area contributed by atoms with Crippen LogP contribution in [0.4, 0.5) is 0 Å². The molecule has 2 N–H and O–H groups in total. The average Bonchev–Trinajstić information content (AvgIpc) is 2.60. The molecule has 0 aliphatic rings. The fraction of sp³-hybridized carbons (Fsp3) is 0.769. The van der Waals surface area contributed by atoms with E-state index in [1.807, 2.05) is 18.7 Å². The normalized spacial score (nSPS) is 13.0. The molecule has 1 aromatic heterocycles. The molecule has 0 amide bonds. The fourth-order valence-corrected chi connectivity index (χ4v) is 2.12. The van der Waals surface area contributed by atoms with E-state index >= 15 is 0 Å². The zero-order chi connectivity index (χ0) is 12.8. The van der Waals surface area contributed by atoms with E-state index in [9.17, 15) is 5.11 Å². The third-order valence-corrected chi connectivity index (χ3v) is 3.07. The number of rotatable bonds is 7. The third kappa shape index (κ3) is 3.82. The zero-order valence-electron chi connectivity index (χ0n) is 11.5. The number of hydrogen-bond donors (Lipinski definition) is 2. The van der Waals surface area contributed by atoms with E-state index in [0.717, 1.165) is 32.4 Å². The molecule has 0 aliphatic carbocycles. The van der Waals surface area contributed by atoms with Gasteiger partial charge in [-0.25, -0.2) is 0 Å². The minimum atomic E-state index is -0.229. The summed E-state index contributed by atoms with van der Waals surface area (Å²) in [7, 11) is 2.01. The summed E-state index contributed by atoms with van der Waals surface area (Å²) in [5.74, 6) is 0. The van der Waals surface area contributed by atoms with Gasteiger partial charge in [-0.2, -0.15) is 5.10 Å². The number of hydrogen-bond acceptors (Lipinski definition) is 3. The van der Waals surface area contributed by atoms with Crippen LogP contribution in [0.3, 0.4) is 0 Å². The lowest BCUT2D eigenvalue weighted by Gasteiger charge is -2.08. The topological polar surface area (TPSA) is 50.1 Å². The SMILES string of the molecule is CCc1nn(C)c(CC)c1CNCCC(C)O. The van der Waals surface area contributed by atoms with E-state index in [4.69, 9.17) is 0 Å². The molecule has 0 aromatic carbocycles. The van der Waals surface area contributed by atoms with Crippen molar-refractivity contribution in [3.63, 3.8) is 0 Å². The van der Waals surface area contributed by atoms with Crippen LogP contribution in [0, 0.1) is 0 Å². The quantitative estimate of drug-likeness (QED) is 0.707. The van der Waals surface area contributed by atoms with Crippen molar-refractivity contribution in [2.75, 3.05) is 6.54 Å². The first kappa shape index (κ1) is 14.2. The molecule has 0 spiro atoms. The Hall–Kier alpha value is -0.870. The Balaban J connectivity index is 2.62. The highest BCUT2D eigenvalue weighted by molar-refractivity contribution is 5.26. The van der Waals surface area contributed by atoms with Crippen LogP contribution in [0.25, 0.3) is 0 Å². The lowest BCUT2D eigenvalue weighted by atomic mass is 10.1. The molecule has 4 heteroatoms. The van der Waals surface area contributed by atoms with Gasteiger partial charge >= 0.3 is 0 Å². The summed E-state index contributed by atoms with van der Waals surface area (Å²) < 4.78 is 1.99. The first-order valence-electron chi connectivity index (χ1n) is 6.52. The second kappa shape index (κ2) is 6.77. The smallest absolute Gasteiger partial charge is 0.0669 e. The summed E-state index contributed by atoms with van der Waals surface area (Å²) in [4.78, 5) is 0. The van der Waals surface area contributed by atoms with Gasteiger partial charge in [0.25, 0.3) is 0 Å². The lowest BCUT2D eigenvalue weighted by molar-refractivity contribution is 0.183. The summed E-state index contributed by atoms with van der Waals surface area (Å²) in [6, 6.07) is 0. The molecule has 17 heavy (non-hydrogen) atoms. The number of nitrogens with zero attached hydrogens (tertiary/aromatic N) is 2. The Morgan fingerprint density at radius 1 is 1.35 bits per heavy atom. The average molecular weight is 239 g/mol. The Morgan fingerprint density at radius 3 is 2.59 bits per heavy atom. The number of aromatic nitrogens is 2. The van der Waals surface area contributed by atoms with Crippen LogP contribution in [0.2, 0.25) is 0 Å². The van der Waals surface area contributed by atoms with E-state index < -0.39 is 0 Å². The predicted octanol–water partition coefficient (Wildman–Crippen LogP) is 1.41. The van der Waals surface area contributed by atoms with Gasteiger partial charge in [-0.3, -0.25) is 4.68 Å². The number of nitrogens with one attached hydrogen (secondary N) is 1. The van der Waals surface area contributed by atoms with Gasteiger partial charge in [0, 0.05) is 24.8 Å². The molecule has 0 saturated heterocycles. The van der Waals surface area contributed by atoms with E-state index in [1.165, 1.54) is 17.0 Å². The molecule has 1 aromatic rings. The fourth-order valence-electron chi connectivity index (χ4n) is 2.12. The van der Waals surface area contributed by atoms with Gasteiger partial charge in [0.2, 0.25) is 0 Å². The Bertz CT molecular complexity index is 345. The van der Waals surface area contributed by atoms with Crippen LogP contribution in [-0.4, -0.2) is 27.5 Å². The van der Waals surface area contributed by atoms with E-state index in [-0.39, 0.29) is 6.10 Å². The van der Waals surface area contributed by atoms with Crippen LogP contribution in [-0.2, 0) is 26.4 Å². The Morgan fingerprint density at radius 2 is 2.06 bits per heavy atom. The molecule has 1 heterocycles. The van der Waals surface area contributed by atoms with Crippen molar-refractivity contribution < 1.29 is 5.11 Å². The van der Waals surface area contributed by atoms with Crippen LogP contribution in [0.1, 0.15) is 44.1 Å². The van der Waals surface area contributed by atoms with E-state index in [1.54, 1.807) is 0 Å². The van der Waals surface area contributed by atoms with Crippen molar-refractivity contribution >= 4 is 0 Å². The van der Waals surface area contributed by atoms with Crippen molar-refractivity contribution in [1.29, 1.82) is 0 Å². The minimum Gasteiger partial charge on any atom is -0.393 e.